The Kier molecular flexibility index (Phi) is 4.59. The van der Waals surface area contributed by atoms with Gasteiger partial charge in [-0.15, -0.1) is 0 Å². The summed E-state index contributed by atoms with van der Waals surface area (Å²) >= 11 is 0. The van der Waals surface area contributed by atoms with Gasteiger partial charge in [-0.3, -0.25) is 0 Å². The Balaban J connectivity index is 1.56. The molecule has 138 valence electrons. The fraction of sp³-hybridized carbons (Fsp3) is 0.227. The summed E-state index contributed by atoms with van der Waals surface area (Å²) < 4.78 is 16.9. The highest BCUT2D eigenvalue weighted by Crippen LogP contribution is 2.36. The van der Waals surface area contributed by atoms with Gasteiger partial charge in [-0.2, -0.15) is 0 Å². The molecule has 0 fully saturated rings. The molecule has 2 aromatic carbocycles. The first-order valence-electron chi connectivity index (χ1n) is 8.93. The van der Waals surface area contributed by atoms with E-state index in [1.54, 1.807) is 0 Å². The SMILES string of the molecule is Cc1nc(Nc2ccc3c(c2)OCO3)c(C)c(C)c1OCc1ccccc1. The van der Waals surface area contributed by atoms with E-state index in [-0.39, 0.29) is 6.79 Å². The number of aromatic nitrogens is 1. The molecule has 0 amide bonds. The summed E-state index contributed by atoms with van der Waals surface area (Å²) in [7, 11) is 0. The molecule has 0 unspecified atom stereocenters. The molecule has 1 N–H and O–H groups in total. The topological polar surface area (TPSA) is 52.6 Å². The van der Waals surface area contributed by atoms with Crippen LogP contribution in [-0.4, -0.2) is 11.8 Å². The number of nitrogens with one attached hydrogen (secondary N) is 1. The van der Waals surface area contributed by atoms with E-state index in [2.05, 4.69) is 24.4 Å². The van der Waals surface area contributed by atoms with E-state index in [1.807, 2.05) is 50.2 Å². The monoisotopic (exact) mass is 362 g/mol. The van der Waals surface area contributed by atoms with E-state index in [0.717, 1.165) is 51.1 Å². The largest absolute Gasteiger partial charge is 0.487 e. The van der Waals surface area contributed by atoms with Gasteiger partial charge in [-0.05, 0) is 49.6 Å². The van der Waals surface area contributed by atoms with Crippen molar-refractivity contribution in [2.24, 2.45) is 0 Å². The van der Waals surface area contributed by atoms with Gasteiger partial charge in [0, 0.05) is 11.8 Å². The van der Waals surface area contributed by atoms with Crippen molar-refractivity contribution < 1.29 is 14.2 Å². The third kappa shape index (κ3) is 3.53. The summed E-state index contributed by atoms with van der Waals surface area (Å²) in [6.45, 7) is 6.87. The van der Waals surface area contributed by atoms with Gasteiger partial charge in [-0.1, -0.05) is 30.3 Å². The molecular formula is C22H22N2O3. The fourth-order valence-corrected chi connectivity index (χ4v) is 3.10. The van der Waals surface area contributed by atoms with Crippen LogP contribution >= 0.6 is 0 Å². The van der Waals surface area contributed by atoms with Gasteiger partial charge in [-0.25, -0.2) is 4.98 Å². The van der Waals surface area contributed by atoms with Gasteiger partial charge in [0.1, 0.15) is 18.2 Å². The first-order valence-corrected chi connectivity index (χ1v) is 8.93. The molecule has 0 radical (unpaired) electrons. The summed E-state index contributed by atoms with van der Waals surface area (Å²) in [5, 5.41) is 3.38. The maximum Gasteiger partial charge on any atom is 0.231 e. The molecule has 1 aromatic heterocycles. The van der Waals surface area contributed by atoms with Crippen LogP contribution in [0.2, 0.25) is 0 Å². The molecule has 1 aliphatic rings. The minimum absolute atomic E-state index is 0.266. The smallest absolute Gasteiger partial charge is 0.231 e. The predicted octanol–water partition coefficient (Wildman–Crippen LogP) is 5.06. The molecule has 0 aliphatic carbocycles. The fourth-order valence-electron chi connectivity index (χ4n) is 3.10. The van der Waals surface area contributed by atoms with E-state index >= 15 is 0 Å². The lowest BCUT2D eigenvalue weighted by Gasteiger charge is -2.17. The van der Waals surface area contributed by atoms with Gasteiger partial charge in [0.25, 0.3) is 0 Å². The number of ether oxygens (including phenoxy) is 3. The summed E-state index contributed by atoms with van der Waals surface area (Å²) in [5.74, 6) is 3.17. The van der Waals surface area contributed by atoms with Gasteiger partial charge in [0.05, 0.1) is 5.69 Å². The number of hydrogen-bond donors (Lipinski definition) is 1. The van der Waals surface area contributed by atoms with Crippen LogP contribution in [0.15, 0.2) is 48.5 Å². The van der Waals surface area contributed by atoms with Crippen molar-refractivity contribution in [3.63, 3.8) is 0 Å². The van der Waals surface area contributed by atoms with Crippen LogP contribution in [0.25, 0.3) is 0 Å². The molecule has 5 heteroatoms. The highest BCUT2D eigenvalue weighted by atomic mass is 16.7. The quantitative estimate of drug-likeness (QED) is 0.688. The van der Waals surface area contributed by atoms with Crippen molar-refractivity contribution >= 4 is 11.5 Å². The van der Waals surface area contributed by atoms with Crippen molar-refractivity contribution in [2.45, 2.75) is 27.4 Å². The molecule has 0 saturated heterocycles. The van der Waals surface area contributed by atoms with Crippen LogP contribution < -0.4 is 19.5 Å². The molecule has 0 spiro atoms. The lowest BCUT2D eigenvalue weighted by molar-refractivity contribution is 0.174. The first kappa shape index (κ1) is 17.2. The van der Waals surface area contributed by atoms with E-state index in [4.69, 9.17) is 19.2 Å². The maximum absolute atomic E-state index is 6.07. The Morgan fingerprint density at radius 1 is 0.963 bits per heavy atom. The zero-order valence-corrected chi connectivity index (χ0v) is 15.7. The second-order valence-corrected chi connectivity index (χ2v) is 6.59. The molecule has 5 nitrogen and oxygen atoms in total. The molecule has 1 aliphatic heterocycles. The zero-order valence-electron chi connectivity index (χ0n) is 15.7. The first-order chi connectivity index (χ1) is 13.1. The maximum atomic E-state index is 6.07. The summed E-state index contributed by atoms with van der Waals surface area (Å²) in [5.41, 5.74) is 5.04. The second-order valence-electron chi connectivity index (χ2n) is 6.59. The lowest BCUT2D eigenvalue weighted by atomic mass is 10.1. The van der Waals surface area contributed by atoms with Gasteiger partial charge in [0.15, 0.2) is 11.5 Å². The molecule has 4 rings (SSSR count). The number of aryl methyl sites for hydroxylation is 1. The minimum Gasteiger partial charge on any atom is -0.487 e. The van der Waals surface area contributed by atoms with E-state index in [1.165, 1.54) is 0 Å². The van der Waals surface area contributed by atoms with Crippen molar-refractivity contribution in [2.75, 3.05) is 12.1 Å². The van der Waals surface area contributed by atoms with Gasteiger partial charge >= 0.3 is 0 Å². The van der Waals surface area contributed by atoms with Crippen molar-refractivity contribution in [3.05, 3.63) is 70.9 Å². The highest BCUT2D eigenvalue weighted by Gasteiger charge is 2.16. The number of nitrogens with zero attached hydrogens (tertiary/aromatic N) is 1. The Hall–Kier alpha value is -3.21. The van der Waals surface area contributed by atoms with Crippen molar-refractivity contribution in [1.29, 1.82) is 0 Å². The Bertz CT molecular complexity index is 971. The molecular weight excluding hydrogens is 340 g/mol. The van der Waals surface area contributed by atoms with Crippen LogP contribution in [-0.2, 0) is 6.61 Å². The van der Waals surface area contributed by atoms with Gasteiger partial charge < -0.3 is 19.5 Å². The normalized spacial score (nSPS) is 12.1. The average Bonchev–Trinajstić information content (AvgIpc) is 3.14. The van der Waals surface area contributed by atoms with Crippen LogP contribution in [0.5, 0.6) is 17.2 Å². The third-order valence-corrected chi connectivity index (χ3v) is 4.73. The second kappa shape index (κ2) is 7.19. The Labute approximate surface area is 158 Å². The Morgan fingerprint density at radius 2 is 1.74 bits per heavy atom. The molecule has 0 saturated carbocycles. The molecule has 0 atom stereocenters. The van der Waals surface area contributed by atoms with Crippen LogP contribution in [0.1, 0.15) is 22.4 Å². The molecule has 0 bridgehead atoms. The standard InChI is InChI=1S/C22H22N2O3/c1-14-15(2)22(24-18-9-10-19-20(11-18)27-13-26-19)23-16(3)21(14)25-12-17-7-5-4-6-8-17/h4-11H,12-13H2,1-3H3,(H,23,24). The van der Waals surface area contributed by atoms with Crippen LogP contribution in [0.3, 0.4) is 0 Å². The number of pyridine rings is 1. The van der Waals surface area contributed by atoms with E-state index in [9.17, 15) is 0 Å². The molecule has 2 heterocycles. The van der Waals surface area contributed by atoms with Crippen molar-refractivity contribution in [3.8, 4) is 17.2 Å². The highest BCUT2D eigenvalue weighted by molar-refractivity contribution is 5.66. The number of rotatable bonds is 5. The van der Waals surface area contributed by atoms with Crippen LogP contribution in [0.4, 0.5) is 11.5 Å². The van der Waals surface area contributed by atoms with E-state index in [0.29, 0.717) is 6.61 Å². The lowest BCUT2D eigenvalue weighted by Crippen LogP contribution is -2.05. The van der Waals surface area contributed by atoms with E-state index < -0.39 is 0 Å². The summed E-state index contributed by atoms with van der Waals surface area (Å²) in [6, 6.07) is 15.9. The number of hydrogen-bond acceptors (Lipinski definition) is 5. The Morgan fingerprint density at radius 3 is 2.56 bits per heavy atom. The third-order valence-electron chi connectivity index (χ3n) is 4.73. The van der Waals surface area contributed by atoms with Gasteiger partial charge in [0.2, 0.25) is 6.79 Å². The number of benzene rings is 2. The number of fused-ring (bicyclic) bond motifs is 1. The number of anilines is 2. The average molecular weight is 362 g/mol. The molecule has 27 heavy (non-hydrogen) atoms. The van der Waals surface area contributed by atoms with Crippen LogP contribution in [0, 0.1) is 20.8 Å². The summed E-state index contributed by atoms with van der Waals surface area (Å²) in [6.07, 6.45) is 0. The van der Waals surface area contributed by atoms with Crippen molar-refractivity contribution in [1.82, 2.24) is 4.98 Å². The minimum atomic E-state index is 0.266. The molecule has 3 aromatic rings. The summed E-state index contributed by atoms with van der Waals surface area (Å²) in [4.78, 5) is 4.73. The predicted molar refractivity (Wildman–Crippen MR) is 105 cm³/mol. The zero-order chi connectivity index (χ0) is 18.8.